The summed E-state index contributed by atoms with van der Waals surface area (Å²) in [5.74, 6) is 0.494. The lowest BCUT2D eigenvalue weighted by atomic mass is 9.81. The van der Waals surface area contributed by atoms with E-state index in [1.807, 2.05) is 0 Å². The molecule has 0 fully saturated rings. The largest absolute Gasteiger partial charge is 0.500 e. The Morgan fingerprint density at radius 1 is 0.727 bits per heavy atom. The van der Waals surface area contributed by atoms with Crippen LogP contribution >= 0.6 is 0 Å². The lowest BCUT2D eigenvalue weighted by Gasteiger charge is -2.32. The molecule has 0 bridgehead atoms. The first-order valence-electron chi connectivity index (χ1n) is 14.0. The van der Waals surface area contributed by atoms with Crippen molar-refractivity contribution in [3.8, 4) is 0 Å². The van der Waals surface area contributed by atoms with Crippen molar-refractivity contribution in [3.63, 3.8) is 0 Å². The second kappa shape index (κ2) is 21.3. The van der Waals surface area contributed by atoms with Crippen LogP contribution in [-0.4, -0.2) is 46.9 Å². The van der Waals surface area contributed by atoms with Gasteiger partial charge in [0, 0.05) is 25.8 Å². The molecular formula is C27H59NO4Si. The van der Waals surface area contributed by atoms with Crippen LogP contribution < -0.4 is 5.73 Å². The number of aliphatic hydroxyl groups excluding tert-OH is 1. The summed E-state index contributed by atoms with van der Waals surface area (Å²) >= 11 is 0. The minimum absolute atomic E-state index is 0.0148. The molecule has 0 spiro atoms. The molecule has 0 aliphatic rings. The molecule has 6 heteroatoms. The molecule has 0 aromatic carbocycles. The normalized spacial score (nSPS) is 13.5. The molecule has 1 unspecified atom stereocenters. The SMILES string of the molecule is CCCCCCCCCCCCCCCCC(CCC[Si](OC)(OC)OCCO)C(C)(C)N. The molecule has 5 nitrogen and oxygen atoms in total. The Morgan fingerprint density at radius 2 is 1.15 bits per heavy atom. The van der Waals surface area contributed by atoms with Crippen LogP contribution in [0.5, 0.6) is 0 Å². The molecule has 0 aromatic heterocycles. The maximum absolute atomic E-state index is 9.07. The molecule has 0 rings (SSSR count). The number of aliphatic hydroxyl groups is 1. The van der Waals surface area contributed by atoms with Crippen molar-refractivity contribution in [2.75, 3.05) is 27.4 Å². The van der Waals surface area contributed by atoms with Gasteiger partial charge in [0.2, 0.25) is 0 Å². The standard InChI is InChI=1S/C27H59NO4Si/c1-6-7-8-9-10-11-12-13-14-15-16-17-18-19-21-26(27(2,3)28)22-20-25-33(30-4,31-5)32-24-23-29/h26,29H,6-25,28H2,1-5H3. The van der Waals surface area contributed by atoms with Gasteiger partial charge in [-0.1, -0.05) is 96.8 Å². The maximum Gasteiger partial charge on any atom is 0.500 e. The van der Waals surface area contributed by atoms with Crippen molar-refractivity contribution in [2.24, 2.45) is 11.7 Å². The highest BCUT2D eigenvalue weighted by molar-refractivity contribution is 6.60. The molecule has 33 heavy (non-hydrogen) atoms. The summed E-state index contributed by atoms with van der Waals surface area (Å²) < 4.78 is 16.9. The van der Waals surface area contributed by atoms with E-state index < -0.39 is 8.80 Å². The first-order valence-corrected chi connectivity index (χ1v) is 15.9. The zero-order chi connectivity index (χ0) is 24.8. The molecule has 3 N–H and O–H groups in total. The Hall–Kier alpha value is 0.0169. The third kappa shape index (κ3) is 18.0. The average Bonchev–Trinajstić information content (AvgIpc) is 2.79. The van der Waals surface area contributed by atoms with Gasteiger partial charge in [0.05, 0.1) is 13.2 Å². The summed E-state index contributed by atoms with van der Waals surface area (Å²) in [6.07, 6.45) is 22.7. The Morgan fingerprint density at radius 3 is 1.55 bits per heavy atom. The van der Waals surface area contributed by atoms with Gasteiger partial charge in [0.25, 0.3) is 0 Å². The summed E-state index contributed by atoms with van der Waals surface area (Å²) in [5.41, 5.74) is 6.34. The predicted octanol–water partition coefficient (Wildman–Crippen LogP) is 7.23. The van der Waals surface area contributed by atoms with Crippen molar-refractivity contribution in [1.82, 2.24) is 0 Å². The lowest BCUT2D eigenvalue weighted by molar-refractivity contribution is 0.0774. The third-order valence-electron chi connectivity index (χ3n) is 7.03. The van der Waals surface area contributed by atoms with Crippen LogP contribution in [0.1, 0.15) is 130 Å². The van der Waals surface area contributed by atoms with E-state index in [0.29, 0.717) is 5.92 Å². The fourth-order valence-corrected chi connectivity index (χ4v) is 6.71. The zero-order valence-electron chi connectivity index (χ0n) is 23.0. The van der Waals surface area contributed by atoms with Crippen molar-refractivity contribution in [1.29, 1.82) is 0 Å². The number of unbranched alkanes of at least 4 members (excludes halogenated alkanes) is 13. The molecule has 0 saturated carbocycles. The smallest absolute Gasteiger partial charge is 0.394 e. The van der Waals surface area contributed by atoms with Gasteiger partial charge in [-0.25, -0.2) is 0 Å². The second-order valence-corrected chi connectivity index (χ2v) is 13.4. The van der Waals surface area contributed by atoms with Crippen LogP contribution in [0.2, 0.25) is 6.04 Å². The van der Waals surface area contributed by atoms with Crippen molar-refractivity contribution in [2.45, 2.75) is 142 Å². The summed E-state index contributed by atoms with van der Waals surface area (Å²) in [5, 5.41) is 9.07. The van der Waals surface area contributed by atoms with E-state index in [1.54, 1.807) is 14.2 Å². The van der Waals surface area contributed by atoms with Crippen molar-refractivity contribution >= 4 is 8.80 Å². The fraction of sp³-hybridized carbons (Fsp3) is 1.00. The molecule has 0 amide bonds. The first kappa shape index (κ1) is 33.0. The monoisotopic (exact) mass is 489 g/mol. The second-order valence-electron chi connectivity index (χ2n) is 10.5. The molecule has 0 aliphatic carbocycles. The van der Waals surface area contributed by atoms with Crippen LogP contribution in [0, 0.1) is 5.92 Å². The molecule has 0 heterocycles. The van der Waals surface area contributed by atoms with Gasteiger partial charge in [-0.15, -0.1) is 0 Å². The maximum atomic E-state index is 9.07. The van der Waals surface area contributed by atoms with E-state index in [-0.39, 0.29) is 18.8 Å². The van der Waals surface area contributed by atoms with Gasteiger partial charge in [-0.3, -0.25) is 0 Å². The van der Waals surface area contributed by atoms with E-state index in [2.05, 4.69) is 20.8 Å². The molecule has 1 atom stereocenters. The average molecular weight is 490 g/mol. The Balaban J connectivity index is 3.92. The van der Waals surface area contributed by atoms with E-state index in [1.165, 1.54) is 96.3 Å². The summed E-state index contributed by atoms with van der Waals surface area (Å²) in [6, 6.07) is 0.769. The van der Waals surface area contributed by atoms with Crippen LogP contribution in [-0.2, 0) is 13.3 Å². The van der Waals surface area contributed by atoms with Gasteiger partial charge in [-0.05, 0) is 39.0 Å². The van der Waals surface area contributed by atoms with Gasteiger partial charge < -0.3 is 24.1 Å². The highest BCUT2D eigenvalue weighted by Gasteiger charge is 2.39. The Bertz CT molecular complexity index is 413. The predicted molar refractivity (Wildman–Crippen MR) is 144 cm³/mol. The molecule has 0 saturated heterocycles. The molecule has 0 aromatic rings. The van der Waals surface area contributed by atoms with Crippen LogP contribution in [0.3, 0.4) is 0 Å². The molecular weight excluding hydrogens is 430 g/mol. The van der Waals surface area contributed by atoms with E-state index in [0.717, 1.165) is 18.9 Å². The first-order chi connectivity index (χ1) is 15.8. The van der Waals surface area contributed by atoms with E-state index in [9.17, 15) is 0 Å². The van der Waals surface area contributed by atoms with Gasteiger partial charge in [-0.2, -0.15) is 0 Å². The number of hydrogen-bond donors (Lipinski definition) is 2. The Labute approximate surface area is 207 Å². The van der Waals surface area contributed by atoms with Crippen molar-refractivity contribution < 1.29 is 18.4 Å². The van der Waals surface area contributed by atoms with Crippen LogP contribution in [0.4, 0.5) is 0 Å². The molecule has 200 valence electrons. The highest BCUT2D eigenvalue weighted by Crippen LogP contribution is 2.29. The minimum Gasteiger partial charge on any atom is -0.394 e. The summed E-state index contributed by atoms with van der Waals surface area (Å²) in [4.78, 5) is 0. The van der Waals surface area contributed by atoms with E-state index in [4.69, 9.17) is 24.1 Å². The quantitative estimate of drug-likeness (QED) is 0.104. The van der Waals surface area contributed by atoms with E-state index >= 15 is 0 Å². The minimum atomic E-state index is -2.66. The fourth-order valence-electron chi connectivity index (χ4n) is 4.72. The van der Waals surface area contributed by atoms with Crippen LogP contribution in [0.25, 0.3) is 0 Å². The molecule has 0 aliphatic heterocycles. The lowest BCUT2D eigenvalue weighted by Crippen LogP contribution is -2.45. The van der Waals surface area contributed by atoms with Crippen molar-refractivity contribution in [3.05, 3.63) is 0 Å². The van der Waals surface area contributed by atoms with Gasteiger partial charge in [0.1, 0.15) is 0 Å². The summed E-state index contributed by atoms with van der Waals surface area (Å²) in [6.45, 7) is 6.84. The highest BCUT2D eigenvalue weighted by atomic mass is 28.4. The number of hydrogen-bond acceptors (Lipinski definition) is 5. The third-order valence-corrected chi connectivity index (χ3v) is 9.88. The number of rotatable bonds is 25. The van der Waals surface area contributed by atoms with Gasteiger partial charge in [0.15, 0.2) is 0 Å². The molecule has 0 radical (unpaired) electrons. The summed E-state index contributed by atoms with van der Waals surface area (Å²) in [7, 11) is 0.625. The zero-order valence-corrected chi connectivity index (χ0v) is 24.0. The Kier molecular flexibility index (Phi) is 21.3. The topological polar surface area (TPSA) is 73.9 Å². The van der Waals surface area contributed by atoms with Gasteiger partial charge >= 0.3 is 8.80 Å². The number of nitrogens with two attached hydrogens (primary N) is 1. The van der Waals surface area contributed by atoms with Crippen LogP contribution in [0.15, 0.2) is 0 Å².